The number of benzene rings is 1. The average Bonchev–Trinajstić information content (AvgIpc) is 2.81. The highest BCUT2D eigenvalue weighted by atomic mass is 35.5. The largest absolute Gasteiger partial charge is 0.421 e. The zero-order valence-corrected chi connectivity index (χ0v) is 12.8. The van der Waals surface area contributed by atoms with Crippen molar-refractivity contribution in [3.8, 4) is 11.5 Å². The molecule has 1 aromatic carbocycles. The Labute approximate surface area is 126 Å². The first-order valence-corrected chi connectivity index (χ1v) is 6.86. The third-order valence-corrected chi connectivity index (χ3v) is 2.99. The number of aromatic nitrogens is 2. The molecule has 21 heavy (non-hydrogen) atoms. The molecule has 114 valence electrons. The summed E-state index contributed by atoms with van der Waals surface area (Å²) in [6.45, 7) is 6.76. The van der Waals surface area contributed by atoms with E-state index < -0.39 is 11.6 Å². The zero-order valence-electron chi connectivity index (χ0n) is 12.0. The third kappa shape index (κ3) is 4.22. The van der Waals surface area contributed by atoms with Crippen LogP contribution in [-0.4, -0.2) is 22.3 Å². The van der Waals surface area contributed by atoms with Gasteiger partial charge in [0.05, 0.1) is 10.6 Å². The normalized spacial score (nSPS) is 11.9. The first-order chi connectivity index (χ1) is 9.76. The van der Waals surface area contributed by atoms with E-state index in [4.69, 9.17) is 16.0 Å². The standard InChI is InChI=1S/C14H16ClF2N3O/c1-14(2,3)18-5-4-12-19-20-13(21-12)8-6-11(17)9(15)7-10(8)16/h6-7,18H,4-5H2,1-3H3. The second-order valence-corrected chi connectivity index (χ2v) is 6.08. The molecule has 1 heterocycles. The Hall–Kier alpha value is -1.53. The van der Waals surface area contributed by atoms with Crippen LogP contribution in [-0.2, 0) is 6.42 Å². The third-order valence-electron chi connectivity index (χ3n) is 2.70. The second kappa shape index (κ2) is 6.07. The molecule has 0 aliphatic heterocycles. The van der Waals surface area contributed by atoms with Gasteiger partial charge in [0, 0.05) is 18.5 Å². The zero-order chi connectivity index (χ0) is 15.6. The minimum atomic E-state index is -0.734. The number of rotatable bonds is 4. The molecular weight excluding hydrogens is 300 g/mol. The average molecular weight is 316 g/mol. The SMILES string of the molecule is CC(C)(C)NCCc1nnc(-c2cc(F)c(Cl)cc2F)o1. The van der Waals surface area contributed by atoms with E-state index in [2.05, 4.69) is 15.5 Å². The summed E-state index contributed by atoms with van der Waals surface area (Å²) < 4.78 is 32.5. The highest BCUT2D eigenvalue weighted by molar-refractivity contribution is 6.30. The summed E-state index contributed by atoms with van der Waals surface area (Å²) in [6.07, 6.45) is 0.502. The molecule has 0 radical (unpaired) electrons. The summed E-state index contributed by atoms with van der Waals surface area (Å²) >= 11 is 5.50. The molecular formula is C14H16ClF2N3O. The van der Waals surface area contributed by atoms with Gasteiger partial charge < -0.3 is 9.73 Å². The van der Waals surface area contributed by atoms with Crippen molar-refractivity contribution < 1.29 is 13.2 Å². The molecule has 0 amide bonds. The van der Waals surface area contributed by atoms with Crippen LogP contribution in [0.4, 0.5) is 8.78 Å². The van der Waals surface area contributed by atoms with Crippen molar-refractivity contribution in [2.45, 2.75) is 32.7 Å². The van der Waals surface area contributed by atoms with Gasteiger partial charge in [0.15, 0.2) is 0 Å². The van der Waals surface area contributed by atoms with Crippen molar-refractivity contribution in [1.29, 1.82) is 0 Å². The lowest BCUT2D eigenvalue weighted by Crippen LogP contribution is -2.37. The maximum atomic E-state index is 13.7. The van der Waals surface area contributed by atoms with Crippen LogP contribution < -0.4 is 5.32 Å². The predicted octanol–water partition coefficient (Wildman–Crippen LogP) is 3.60. The molecule has 0 aliphatic rings. The Morgan fingerprint density at radius 1 is 1.19 bits per heavy atom. The lowest BCUT2D eigenvalue weighted by atomic mass is 10.1. The molecule has 1 N–H and O–H groups in total. The van der Waals surface area contributed by atoms with E-state index in [1.165, 1.54) is 0 Å². The molecule has 0 saturated heterocycles. The molecule has 0 saturated carbocycles. The van der Waals surface area contributed by atoms with Crippen LogP contribution in [0.15, 0.2) is 16.5 Å². The van der Waals surface area contributed by atoms with Crippen LogP contribution >= 0.6 is 11.6 Å². The lowest BCUT2D eigenvalue weighted by molar-refractivity contribution is 0.411. The summed E-state index contributed by atoms with van der Waals surface area (Å²) in [5, 5.41) is 10.5. The van der Waals surface area contributed by atoms with E-state index >= 15 is 0 Å². The van der Waals surface area contributed by atoms with E-state index in [1.54, 1.807) is 0 Å². The molecule has 2 rings (SSSR count). The summed E-state index contributed by atoms with van der Waals surface area (Å²) in [5.41, 5.74) is -0.117. The summed E-state index contributed by atoms with van der Waals surface area (Å²) in [6, 6.07) is 1.83. The maximum Gasteiger partial charge on any atom is 0.250 e. The van der Waals surface area contributed by atoms with Crippen LogP contribution in [0.25, 0.3) is 11.5 Å². The molecule has 0 spiro atoms. The topological polar surface area (TPSA) is 51.0 Å². The Bertz CT molecular complexity index is 638. The van der Waals surface area contributed by atoms with Gasteiger partial charge in [-0.2, -0.15) is 0 Å². The van der Waals surface area contributed by atoms with Gasteiger partial charge in [-0.05, 0) is 32.9 Å². The Morgan fingerprint density at radius 3 is 2.57 bits per heavy atom. The van der Waals surface area contributed by atoms with Crippen molar-refractivity contribution in [2.24, 2.45) is 0 Å². The van der Waals surface area contributed by atoms with Gasteiger partial charge in [-0.25, -0.2) is 8.78 Å². The van der Waals surface area contributed by atoms with Crippen molar-refractivity contribution >= 4 is 11.6 Å². The van der Waals surface area contributed by atoms with Gasteiger partial charge in [-0.1, -0.05) is 11.6 Å². The van der Waals surface area contributed by atoms with Crippen LogP contribution in [0.2, 0.25) is 5.02 Å². The molecule has 1 aromatic heterocycles. The molecule has 0 bridgehead atoms. The van der Waals surface area contributed by atoms with Gasteiger partial charge in [0.1, 0.15) is 11.6 Å². The molecule has 0 unspecified atom stereocenters. The van der Waals surface area contributed by atoms with E-state index in [1.807, 2.05) is 20.8 Å². The van der Waals surface area contributed by atoms with Crippen molar-refractivity contribution in [2.75, 3.05) is 6.54 Å². The number of nitrogens with one attached hydrogen (secondary N) is 1. The molecule has 0 fully saturated rings. The minimum absolute atomic E-state index is 0.0196. The van der Waals surface area contributed by atoms with Crippen molar-refractivity contribution in [1.82, 2.24) is 15.5 Å². The number of nitrogens with zero attached hydrogens (tertiary/aromatic N) is 2. The van der Waals surface area contributed by atoms with E-state index in [0.717, 1.165) is 12.1 Å². The summed E-state index contributed by atoms with van der Waals surface area (Å²) in [7, 11) is 0. The maximum absolute atomic E-state index is 13.7. The minimum Gasteiger partial charge on any atom is -0.421 e. The Kier molecular flexibility index (Phi) is 4.58. The van der Waals surface area contributed by atoms with Crippen LogP contribution in [0.3, 0.4) is 0 Å². The highest BCUT2D eigenvalue weighted by Gasteiger charge is 2.16. The first-order valence-electron chi connectivity index (χ1n) is 6.48. The lowest BCUT2D eigenvalue weighted by Gasteiger charge is -2.19. The first kappa shape index (κ1) is 15.9. The summed E-state index contributed by atoms with van der Waals surface area (Å²) in [5.74, 6) is -1.14. The smallest absolute Gasteiger partial charge is 0.250 e. The number of hydrogen-bond donors (Lipinski definition) is 1. The fourth-order valence-corrected chi connectivity index (χ4v) is 1.84. The van der Waals surface area contributed by atoms with Crippen molar-refractivity contribution in [3.63, 3.8) is 0 Å². The van der Waals surface area contributed by atoms with Gasteiger partial charge in [0.25, 0.3) is 5.89 Å². The molecule has 2 aromatic rings. The number of halogens is 3. The van der Waals surface area contributed by atoms with Crippen molar-refractivity contribution in [3.05, 3.63) is 34.7 Å². The molecule has 0 aliphatic carbocycles. The highest BCUT2D eigenvalue weighted by Crippen LogP contribution is 2.26. The van der Waals surface area contributed by atoms with Crippen LogP contribution in [0.1, 0.15) is 26.7 Å². The quantitative estimate of drug-likeness (QED) is 0.876. The molecule has 7 heteroatoms. The Balaban J connectivity index is 2.11. The molecule has 0 atom stereocenters. The van der Waals surface area contributed by atoms with Crippen LogP contribution in [0.5, 0.6) is 0 Å². The predicted molar refractivity (Wildman–Crippen MR) is 76.1 cm³/mol. The van der Waals surface area contributed by atoms with Gasteiger partial charge in [-0.15, -0.1) is 10.2 Å². The second-order valence-electron chi connectivity index (χ2n) is 5.67. The van der Waals surface area contributed by atoms with Gasteiger partial charge in [0.2, 0.25) is 5.89 Å². The Morgan fingerprint density at radius 2 is 1.90 bits per heavy atom. The van der Waals surface area contributed by atoms with E-state index in [9.17, 15) is 8.78 Å². The van der Waals surface area contributed by atoms with Gasteiger partial charge >= 0.3 is 0 Å². The monoisotopic (exact) mass is 315 g/mol. The van der Waals surface area contributed by atoms with Crippen LogP contribution in [0, 0.1) is 11.6 Å². The van der Waals surface area contributed by atoms with E-state index in [0.29, 0.717) is 18.9 Å². The van der Waals surface area contributed by atoms with E-state index in [-0.39, 0.29) is 22.0 Å². The van der Waals surface area contributed by atoms with Gasteiger partial charge in [-0.3, -0.25) is 0 Å². The fourth-order valence-electron chi connectivity index (χ4n) is 1.69. The molecule has 4 nitrogen and oxygen atoms in total. The summed E-state index contributed by atoms with van der Waals surface area (Å²) in [4.78, 5) is 0. The fraction of sp³-hybridized carbons (Fsp3) is 0.429. The number of hydrogen-bond acceptors (Lipinski definition) is 4.